The number of nitrogens with zero attached hydrogens (tertiary/aromatic N) is 2. The standard InChI is InChI=1S/C22H38N4O5S/c1-23-20(29)15-17(22(31)24-10-8-11-25(2)3)26(4)21(30)9-6-5-7-12-32-19-14-16(27)13-18(19)28/h17,19H,5-15H2,1-4H3,(H,23,29)(H,24,31)/t17-,19?/m0/s1. The van der Waals surface area contributed by atoms with Crippen molar-refractivity contribution in [2.75, 3.05) is 47.0 Å². The van der Waals surface area contributed by atoms with Gasteiger partial charge in [-0.05, 0) is 45.7 Å². The summed E-state index contributed by atoms with van der Waals surface area (Å²) in [6.07, 6.45) is 3.74. The Morgan fingerprint density at radius 1 is 1.09 bits per heavy atom. The van der Waals surface area contributed by atoms with Gasteiger partial charge < -0.3 is 20.4 Å². The first-order valence-corrected chi connectivity index (χ1v) is 12.2. The monoisotopic (exact) mass is 470 g/mol. The number of ketones is 2. The highest BCUT2D eigenvalue weighted by Crippen LogP contribution is 2.25. The normalized spacial score (nSPS) is 16.8. The number of unbranched alkanes of at least 4 members (excludes halogenated alkanes) is 2. The van der Waals surface area contributed by atoms with Crippen LogP contribution in [0.5, 0.6) is 0 Å². The van der Waals surface area contributed by atoms with Gasteiger partial charge in [-0.15, -0.1) is 0 Å². The minimum absolute atomic E-state index is 0.0224. The van der Waals surface area contributed by atoms with Crippen LogP contribution in [0.3, 0.4) is 0 Å². The number of amides is 3. The van der Waals surface area contributed by atoms with Crippen molar-refractivity contribution in [2.45, 2.75) is 62.7 Å². The molecular formula is C22H38N4O5S. The summed E-state index contributed by atoms with van der Waals surface area (Å²) in [5.41, 5.74) is 0. The van der Waals surface area contributed by atoms with E-state index in [2.05, 4.69) is 10.6 Å². The van der Waals surface area contributed by atoms with E-state index in [1.165, 1.54) is 23.7 Å². The Balaban J connectivity index is 2.39. The lowest BCUT2D eigenvalue weighted by Crippen LogP contribution is -2.50. The summed E-state index contributed by atoms with van der Waals surface area (Å²) in [4.78, 5) is 63.4. The van der Waals surface area contributed by atoms with Crippen LogP contribution in [0.4, 0.5) is 0 Å². The highest BCUT2D eigenvalue weighted by atomic mass is 32.2. The Morgan fingerprint density at radius 3 is 2.41 bits per heavy atom. The van der Waals surface area contributed by atoms with Crippen LogP contribution >= 0.6 is 11.8 Å². The quantitative estimate of drug-likeness (QED) is 0.266. The van der Waals surface area contributed by atoms with Crippen molar-refractivity contribution < 1.29 is 24.0 Å². The second-order valence-electron chi connectivity index (χ2n) is 8.40. The van der Waals surface area contributed by atoms with Crippen molar-refractivity contribution in [3.63, 3.8) is 0 Å². The van der Waals surface area contributed by atoms with E-state index in [-0.39, 0.29) is 47.4 Å². The molecule has 1 unspecified atom stereocenters. The fourth-order valence-electron chi connectivity index (χ4n) is 3.39. The Labute approximate surface area is 195 Å². The van der Waals surface area contributed by atoms with Gasteiger partial charge in [0.2, 0.25) is 17.7 Å². The van der Waals surface area contributed by atoms with Crippen LogP contribution in [0.1, 0.15) is 51.4 Å². The summed E-state index contributed by atoms with van der Waals surface area (Å²) in [6.45, 7) is 1.31. The van der Waals surface area contributed by atoms with Gasteiger partial charge in [0.05, 0.1) is 18.1 Å². The van der Waals surface area contributed by atoms with Gasteiger partial charge in [0.15, 0.2) is 5.78 Å². The molecule has 0 bridgehead atoms. The van der Waals surface area contributed by atoms with Gasteiger partial charge in [-0.3, -0.25) is 24.0 Å². The number of Topliss-reactive ketones (excluding diaryl/α,β-unsaturated/α-hetero) is 2. The lowest BCUT2D eigenvalue weighted by molar-refractivity contribution is -0.141. The SMILES string of the molecule is CNC(=O)C[C@@H](C(=O)NCCCN(C)C)N(C)C(=O)CCCCCSC1CC(=O)CC1=O. The molecule has 10 heteroatoms. The third kappa shape index (κ3) is 10.6. The zero-order valence-electron chi connectivity index (χ0n) is 19.8. The first-order valence-electron chi connectivity index (χ1n) is 11.2. The van der Waals surface area contributed by atoms with Crippen molar-refractivity contribution in [1.29, 1.82) is 0 Å². The molecule has 1 fully saturated rings. The molecule has 0 heterocycles. The van der Waals surface area contributed by atoms with E-state index in [0.29, 0.717) is 25.8 Å². The van der Waals surface area contributed by atoms with Crippen LogP contribution in [0.25, 0.3) is 0 Å². The number of hydrogen-bond acceptors (Lipinski definition) is 7. The molecule has 3 amide bonds. The lowest BCUT2D eigenvalue weighted by Gasteiger charge is -2.27. The Bertz CT molecular complexity index is 671. The zero-order valence-corrected chi connectivity index (χ0v) is 20.6. The van der Waals surface area contributed by atoms with E-state index in [4.69, 9.17) is 0 Å². The van der Waals surface area contributed by atoms with Gasteiger partial charge in [0.1, 0.15) is 11.8 Å². The number of likely N-dealkylation sites (N-methyl/N-ethyl adjacent to an activating group) is 1. The second kappa shape index (κ2) is 15.0. The third-order valence-corrected chi connectivity index (χ3v) is 6.76. The summed E-state index contributed by atoms with van der Waals surface area (Å²) in [7, 11) is 6.98. The topological polar surface area (TPSA) is 116 Å². The minimum Gasteiger partial charge on any atom is -0.359 e. The Kier molecular flexibility index (Phi) is 13.2. The van der Waals surface area contributed by atoms with E-state index < -0.39 is 6.04 Å². The smallest absolute Gasteiger partial charge is 0.243 e. The average molecular weight is 471 g/mol. The average Bonchev–Trinajstić information content (AvgIpc) is 3.07. The maximum absolute atomic E-state index is 12.6. The van der Waals surface area contributed by atoms with Crippen LogP contribution in [-0.2, 0) is 24.0 Å². The summed E-state index contributed by atoms with van der Waals surface area (Å²) >= 11 is 1.52. The van der Waals surface area contributed by atoms with Crippen LogP contribution < -0.4 is 10.6 Å². The van der Waals surface area contributed by atoms with E-state index in [9.17, 15) is 24.0 Å². The zero-order chi connectivity index (χ0) is 24.1. The fourth-order valence-corrected chi connectivity index (χ4v) is 4.62. The van der Waals surface area contributed by atoms with Gasteiger partial charge in [0.25, 0.3) is 0 Å². The van der Waals surface area contributed by atoms with E-state index in [1.54, 1.807) is 7.05 Å². The lowest BCUT2D eigenvalue weighted by atomic mass is 10.1. The minimum atomic E-state index is -0.844. The Morgan fingerprint density at radius 2 is 1.81 bits per heavy atom. The number of thioether (sulfide) groups is 1. The maximum atomic E-state index is 12.6. The maximum Gasteiger partial charge on any atom is 0.243 e. The number of carbonyl (C=O) groups excluding carboxylic acids is 5. The van der Waals surface area contributed by atoms with Crippen molar-refractivity contribution in [1.82, 2.24) is 20.4 Å². The van der Waals surface area contributed by atoms with Crippen LogP contribution in [0.2, 0.25) is 0 Å². The first-order chi connectivity index (χ1) is 15.1. The van der Waals surface area contributed by atoms with Crippen molar-refractivity contribution in [2.24, 2.45) is 0 Å². The van der Waals surface area contributed by atoms with Gasteiger partial charge >= 0.3 is 0 Å². The van der Waals surface area contributed by atoms with Crippen molar-refractivity contribution in [3.8, 4) is 0 Å². The molecule has 0 aromatic carbocycles. The predicted octanol–water partition coefficient (Wildman–Crippen LogP) is 0.612. The molecule has 1 saturated carbocycles. The summed E-state index contributed by atoms with van der Waals surface area (Å²) in [6, 6.07) is -0.844. The summed E-state index contributed by atoms with van der Waals surface area (Å²) in [5, 5.41) is 5.14. The molecule has 1 aliphatic carbocycles. The first kappa shape index (κ1) is 28.1. The van der Waals surface area contributed by atoms with Crippen molar-refractivity contribution in [3.05, 3.63) is 0 Å². The molecule has 9 nitrogen and oxygen atoms in total. The molecule has 0 saturated heterocycles. The molecule has 0 spiro atoms. The molecule has 1 rings (SSSR count). The van der Waals surface area contributed by atoms with E-state index >= 15 is 0 Å². The fraction of sp³-hybridized carbons (Fsp3) is 0.773. The van der Waals surface area contributed by atoms with Crippen LogP contribution in [0, 0.1) is 0 Å². The van der Waals surface area contributed by atoms with Gasteiger partial charge in [-0.25, -0.2) is 0 Å². The predicted molar refractivity (Wildman–Crippen MR) is 125 cm³/mol. The van der Waals surface area contributed by atoms with E-state index in [0.717, 1.165) is 31.6 Å². The number of nitrogens with one attached hydrogen (secondary N) is 2. The second-order valence-corrected chi connectivity index (χ2v) is 9.71. The Hall–Kier alpha value is -1.94. The third-order valence-electron chi connectivity index (χ3n) is 5.40. The molecule has 0 aromatic heterocycles. The van der Waals surface area contributed by atoms with Crippen LogP contribution in [0.15, 0.2) is 0 Å². The molecule has 0 radical (unpaired) electrons. The number of rotatable bonds is 15. The molecular weight excluding hydrogens is 432 g/mol. The highest BCUT2D eigenvalue weighted by Gasteiger charge is 2.31. The summed E-state index contributed by atoms with van der Waals surface area (Å²) in [5.74, 6) is 0.0349. The molecule has 32 heavy (non-hydrogen) atoms. The molecule has 2 atom stereocenters. The van der Waals surface area contributed by atoms with Gasteiger partial charge in [-0.1, -0.05) is 6.42 Å². The highest BCUT2D eigenvalue weighted by molar-refractivity contribution is 8.00. The molecule has 2 N–H and O–H groups in total. The van der Waals surface area contributed by atoms with Gasteiger partial charge in [-0.2, -0.15) is 11.8 Å². The van der Waals surface area contributed by atoms with Crippen molar-refractivity contribution >= 4 is 41.0 Å². The molecule has 182 valence electrons. The van der Waals surface area contributed by atoms with Gasteiger partial charge in [0, 0.05) is 33.5 Å². The molecule has 0 aliphatic heterocycles. The molecule has 0 aromatic rings. The van der Waals surface area contributed by atoms with E-state index in [1.807, 2.05) is 19.0 Å². The number of carbonyl (C=O) groups is 5. The molecule has 1 aliphatic rings. The largest absolute Gasteiger partial charge is 0.359 e. The number of hydrogen-bond donors (Lipinski definition) is 2. The summed E-state index contributed by atoms with van der Waals surface area (Å²) < 4.78 is 0. The van der Waals surface area contributed by atoms with Crippen LogP contribution in [-0.4, -0.2) is 97.4 Å².